The van der Waals surface area contributed by atoms with Crippen LogP contribution in [0.5, 0.6) is 0 Å². The molecule has 3 aromatic heterocycles. The molecule has 3 heterocycles. The van der Waals surface area contributed by atoms with E-state index in [1.165, 1.54) is 0 Å². The average Bonchev–Trinajstić information content (AvgIpc) is 2.95. The average molecular weight is 243 g/mol. The van der Waals surface area contributed by atoms with Gasteiger partial charge in [-0.1, -0.05) is 5.16 Å². The van der Waals surface area contributed by atoms with E-state index >= 15 is 0 Å². The third-order valence-electron chi connectivity index (χ3n) is 2.38. The SMILES string of the molecule is Cc1cc(NC(=O)c2cc3ncccc3o2)no1. The largest absolute Gasteiger partial charge is 0.449 e. The Bertz CT molecular complexity index is 681. The number of carbonyl (C=O) groups excluding carboxylic acids is 1. The zero-order valence-corrected chi connectivity index (χ0v) is 9.51. The quantitative estimate of drug-likeness (QED) is 0.747. The predicted octanol–water partition coefficient (Wildman–Crippen LogP) is 2.38. The molecule has 0 aliphatic heterocycles. The third kappa shape index (κ3) is 1.84. The first-order chi connectivity index (χ1) is 8.72. The minimum Gasteiger partial charge on any atom is -0.449 e. The van der Waals surface area contributed by atoms with Gasteiger partial charge in [0, 0.05) is 18.3 Å². The van der Waals surface area contributed by atoms with Crippen LogP contribution in [0.4, 0.5) is 5.82 Å². The minimum atomic E-state index is -0.388. The maximum atomic E-state index is 11.9. The number of hydrogen-bond donors (Lipinski definition) is 1. The Morgan fingerprint density at radius 1 is 1.39 bits per heavy atom. The van der Waals surface area contributed by atoms with Gasteiger partial charge in [-0.2, -0.15) is 0 Å². The highest BCUT2D eigenvalue weighted by Gasteiger charge is 2.14. The molecule has 1 N–H and O–H groups in total. The molecule has 1 amide bonds. The van der Waals surface area contributed by atoms with Crippen molar-refractivity contribution in [3.05, 3.63) is 42.0 Å². The predicted molar refractivity (Wildman–Crippen MR) is 63.2 cm³/mol. The van der Waals surface area contributed by atoms with E-state index < -0.39 is 0 Å². The van der Waals surface area contributed by atoms with Gasteiger partial charge in [-0.15, -0.1) is 0 Å². The highest BCUT2D eigenvalue weighted by Crippen LogP contribution is 2.17. The lowest BCUT2D eigenvalue weighted by Gasteiger charge is -1.95. The molecule has 0 unspecified atom stereocenters. The van der Waals surface area contributed by atoms with Gasteiger partial charge in [-0.3, -0.25) is 9.78 Å². The van der Waals surface area contributed by atoms with Crippen LogP contribution in [-0.2, 0) is 0 Å². The van der Waals surface area contributed by atoms with Crippen LogP contribution in [0.2, 0.25) is 0 Å². The number of aryl methyl sites for hydroxylation is 1. The summed E-state index contributed by atoms with van der Waals surface area (Å²) in [6.07, 6.45) is 1.64. The van der Waals surface area contributed by atoms with E-state index in [9.17, 15) is 4.79 Å². The highest BCUT2D eigenvalue weighted by atomic mass is 16.5. The normalized spacial score (nSPS) is 10.7. The van der Waals surface area contributed by atoms with Crippen molar-refractivity contribution in [3.8, 4) is 0 Å². The van der Waals surface area contributed by atoms with Gasteiger partial charge >= 0.3 is 0 Å². The van der Waals surface area contributed by atoms with Crippen LogP contribution in [0.3, 0.4) is 0 Å². The third-order valence-corrected chi connectivity index (χ3v) is 2.38. The van der Waals surface area contributed by atoms with Crippen molar-refractivity contribution < 1.29 is 13.7 Å². The number of anilines is 1. The van der Waals surface area contributed by atoms with Crippen molar-refractivity contribution in [2.45, 2.75) is 6.92 Å². The lowest BCUT2D eigenvalue weighted by Crippen LogP contribution is -2.10. The smallest absolute Gasteiger partial charge is 0.292 e. The highest BCUT2D eigenvalue weighted by molar-refractivity contribution is 6.03. The molecule has 6 heteroatoms. The summed E-state index contributed by atoms with van der Waals surface area (Å²) in [5.41, 5.74) is 1.21. The minimum absolute atomic E-state index is 0.185. The summed E-state index contributed by atoms with van der Waals surface area (Å²) in [5.74, 6) is 0.771. The van der Waals surface area contributed by atoms with E-state index in [4.69, 9.17) is 8.94 Å². The van der Waals surface area contributed by atoms with E-state index in [0.717, 1.165) is 0 Å². The Balaban J connectivity index is 1.87. The van der Waals surface area contributed by atoms with Crippen molar-refractivity contribution in [1.29, 1.82) is 0 Å². The van der Waals surface area contributed by atoms with Crippen molar-refractivity contribution in [1.82, 2.24) is 10.1 Å². The molecule has 0 atom stereocenters. The molecule has 0 radical (unpaired) electrons. The summed E-state index contributed by atoms with van der Waals surface area (Å²) in [6, 6.07) is 6.70. The van der Waals surface area contributed by atoms with E-state index in [-0.39, 0.29) is 11.7 Å². The maximum absolute atomic E-state index is 11.9. The number of aromatic nitrogens is 2. The van der Waals surface area contributed by atoms with Gasteiger partial charge in [0.1, 0.15) is 11.3 Å². The molecular weight excluding hydrogens is 234 g/mol. The van der Waals surface area contributed by atoms with Crippen LogP contribution in [0, 0.1) is 6.92 Å². The summed E-state index contributed by atoms with van der Waals surface area (Å²) in [5, 5.41) is 6.25. The Hall–Kier alpha value is -2.63. The molecule has 3 aromatic rings. The summed E-state index contributed by atoms with van der Waals surface area (Å²) in [7, 11) is 0. The number of hydrogen-bond acceptors (Lipinski definition) is 5. The summed E-state index contributed by atoms with van der Waals surface area (Å²) < 4.78 is 10.2. The molecule has 90 valence electrons. The summed E-state index contributed by atoms with van der Waals surface area (Å²) >= 11 is 0. The van der Waals surface area contributed by atoms with Crippen LogP contribution in [-0.4, -0.2) is 16.0 Å². The molecule has 18 heavy (non-hydrogen) atoms. The second-order valence-corrected chi connectivity index (χ2v) is 3.77. The van der Waals surface area contributed by atoms with E-state index in [1.807, 2.05) is 0 Å². The molecule has 0 bridgehead atoms. The van der Waals surface area contributed by atoms with Crippen molar-refractivity contribution in [2.75, 3.05) is 5.32 Å². The second-order valence-electron chi connectivity index (χ2n) is 3.77. The monoisotopic (exact) mass is 243 g/mol. The van der Waals surface area contributed by atoms with Gasteiger partial charge in [-0.05, 0) is 19.1 Å². The number of nitrogens with one attached hydrogen (secondary N) is 1. The molecule has 0 aliphatic carbocycles. The van der Waals surface area contributed by atoms with Gasteiger partial charge in [0.25, 0.3) is 5.91 Å². The number of rotatable bonds is 2. The van der Waals surface area contributed by atoms with Crippen LogP contribution < -0.4 is 5.32 Å². The van der Waals surface area contributed by atoms with E-state index in [2.05, 4.69) is 15.5 Å². The van der Waals surface area contributed by atoms with Gasteiger partial charge < -0.3 is 14.3 Å². The Labute approximate surface area is 102 Å². The number of nitrogens with zero attached hydrogens (tertiary/aromatic N) is 2. The molecule has 0 saturated carbocycles. The second kappa shape index (κ2) is 3.99. The first-order valence-corrected chi connectivity index (χ1v) is 5.31. The summed E-state index contributed by atoms with van der Waals surface area (Å²) in [4.78, 5) is 16.0. The Kier molecular flexibility index (Phi) is 2.33. The number of carbonyl (C=O) groups is 1. The topological polar surface area (TPSA) is 81.2 Å². The van der Waals surface area contributed by atoms with Crippen LogP contribution in [0.15, 0.2) is 39.4 Å². The molecule has 3 rings (SSSR count). The molecule has 0 spiro atoms. The first kappa shape index (κ1) is 10.5. The van der Waals surface area contributed by atoms with Crippen LogP contribution in [0.1, 0.15) is 16.3 Å². The van der Waals surface area contributed by atoms with Gasteiger partial charge in [0.15, 0.2) is 17.2 Å². The lowest BCUT2D eigenvalue weighted by molar-refractivity contribution is 0.0998. The van der Waals surface area contributed by atoms with Crippen LogP contribution in [0.25, 0.3) is 11.1 Å². The fourth-order valence-corrected chi connectivity index (χ4v) is 1.58. The fourth-order valence-electron chi connectivity index (χ4n) is 1.58. The number of pyridine rings is 1. The van der Waals surface area contributed by atoms with Gasteiger partial charge in [0.2, 0.25) is 0 Å². The van der Waals surface area contributed by atoms with Crippen molar-refractivity contribution in [3.63, 3.8) is 0 Å². The van der Waals surface area contributed by atoms with Gasteiger partial charge in [-0.25, -0.2) is 0 Å². The number of furan rings is 1. The Morgan fingerprint density at radius 2 is 2.28 bits per heavy atom. The van der Waals surface area contributed by atoms with Crippen molar-refractivity contribution in [2.24, 2.45) is 0 Å². The van der Waals surface area contributed by atoms with Crippen molar-refractivity contribution >= 4 is 22.8 Å². The van der Waals surface area contributed by atoms with E-state index in [0.29, 0.717) is 22.7 Å². The maximum Gasteiger partial charge on any atom is 0.292 e. The zero-order chi connectivity index (χ0) is 12.5. The van der Waals surface area contributed by atoms with Crippen LogP contribution >= 0.6 is 0 Å². The molecule has 0 fully saturated rings. The first-order valence-electron chi connectivity index (χ1n) is 5.31. The standard InChI is InChI=1S/C12H9N3O3/c1-7-5-11(15-18-7)14-12(16)10-6-8-9(17-10)3-2-4-13-8/h2-6H,1H3,(H,14,15,16). The van der Waals surface area contributed by atoms with Gasteiger partial charge in [0.05, 0.1) is 0 Å². The Morgan fingerprint density at radius 3 is 3.00 bits per heavy atom. The lowest BCUT2D eigenvalue weighted by atomic mass is 10.3. The molecule has 0 saturated heterocycles. The molecule has 0 aromatic carbocycles. The molecular formula is C12H9N3O3. The number of amides is 1. The zero-order valence-electron chi connectivity index (χ0n) is 9.51. The summed E-state index contributed by atoms with van der Waals surface area (Å²) in [6.45, 7) is 1.74. The molecule has 0 aliphatic rings. The fraction of sp³-hybridized carbons (Fsp3) is 0.0833. The van der Waals surface area contributed by atoms with E-state index in [1.54, 1.807) is 37.4 Å². The number of fused-ring (bicyclic) bond motifs is 1. The molecule has 6 nitrogen and oxygen atoms in total.